The summed E-state index contributed by atoms with van der Waals surface area (Å²) >= 11 is 7.80. The van der Waals surface area contributed by atoms with E-state index in [1.165, 1.54) is 25.6 Å². The highest BCUT2D eigenvalue weighted by Gasteiger charge is 2.48. The van der Waals surface area contributed by atoms with Crippen molar-refractivity contribution < 1.29 is 27.4 Å². The standard InChI is InChI=1S/C21H20ClF3N4O3S/c1-31-14-6-5-11(8-15(14)32-2)13-9-16(21(23,24)25)29-19(27-13)17(22)18(28-29)20(30)26-10-12-4-3-7-33-12/h3-8,13,16,27H,9-10H2,1-2H3,(H,26,30). The van der Waals surface area contributed by atoms with Crippen LogP contribution in [0.1, 0.15) is 39.4 Å². The van der Waals surface area contributed by atoms with Crippen LogP contribution in [0, 0.1) is 0 Å². The molecule has 2 atom stereocenters. The number of aromatic nitrogens is 2. The first-order valence-corrected chi connectivity index (χ1v) is 11.1. The maximum absolute atomic E-state index is 14.0. The molecular formula is C21H20ClF3N4O3S. The normalized spacial score (nSPS) is 17.8. The zero-order valence-corrected chi connectivity index (χ0v) is 19.1. The fraction of sp³-hybridized carbons (Fsp3) is 0.333. The lowest BCUT2D eigenvalue weighted by Crippen LogP contribution is -2.36. The molecule has 4 rings (SSSR count). The summed E-state index contributed by atoms with van der Waals surface area (Å²) in [5, 5.41) is 11.3. The number of nitrogens with one attached hydrogen (secondary N) is 2. The second kappa shape index (κ2) is 9.14. The Balaban J connectivity index is 1.66. The van der Waals surface area contributed by atoms with Gasteiger partial charge in [0, 0.05) is 11.3 Å². The number of carbonyl (C=O) groups is 1. The molecule has 3 heterocycles. The molecule has 3 aromatic rings. The molecule has 33 heavy (non-hydrogen) atoms. The number of hydrogen-bond acceptors (Lipinski definition) is 6. The second-order valence-corrected chi connectivity index (χ2v) is 8.73. The van der Waals surface area contributed by atoms with Crippen molar-refractivity contribution in [1.82, 2.24) is 15.1 Å². The molecule has 12 heteroatoms. The molecule has 0 fully saturated rings. The highest BCUT2D eigenvalue weighted by molar-refractivity contribution is 7.09. The predicted molar refractivity (Wildman–Crippen MR) is 118 cm³/mol. The molecule has 0 spiro atoms. The molecule has 176 valence electrons. The molecule has 0 aliphatic carbocycles. The Morgan fingerprint density at radius 3 is 2.70 bits per heavy atom. The van der Waals surface area contributed by atoms with Crippen LogP contribution in [0.25, 0.3) is 0 Å². The highest BCUT2D eigenvalue weighted by atomic mass is 35.5. The van der Waals surface area contributed by atoms with Gasteiger partial charge in [-0.2, -0.15) is 18.3 Å². The Morgan fingerprint density at radius 1 is 1.30 bits per heavy atom. The Labute approximate surface area is 196 Å². The summed E-state index contributed by atoms with van der Waals surface area (Å²) in [7, 11) is 2.92. The first-order valence-electron chi connectivity index (χ1n) is 9.86. The van der Waals surface area contributed by atoms with Crippen LogP contribution in [0.2, 0.25) is 5.02 Å². The van der Waals surface area contributed by atoms with Gasteiger partial charge in [-0.1, -0.05) is 23.7 Å². The molecule has 7 nitrogen and oxygen atoms in total. The van der Waals surface area contributed by atoms with Gasteiger partial charge < -0.3 is 20.1 Å². The molecule has 1 amide bonds. The van der Waals surface area contributed by atoms with E-state index in [1.54, 1.807) is 18.2 Å². The van der Waals surface area contributed by atoms with Gasteiger partial charge in [-0.15, -0.1) is 11.3 Å². The first kappa shape index (κ1) is 23.2. The smallest absolute Gasteiger partial charge is 0.410 e. The Hall–Kier alpha value is -2.92. The van der Waals surface area contributed by atoms with Crippen molar-refractivity contribution in [2.45, 2.75) is 31.2 Å². The van der Waals surface area contributed by atoms with Crippen LogP contribution in [0.3, 0.4) is 0 Å². The van der Waals surface area contributed by atoms with Gasteiger partial charge in [0.05, 0.1) is 26.8 Å². The van der Waals surface area contributed by atoms with Gasteiger partial charge in [0.2, 0.25) is 0 Å². The third-order valence-corrected chi connectivity index (χ3v) is 6.56. The van der Waals surface area contributed by atoms with Crippen LogP contribution in [0.15, 0.2) is 35.7 Å². The predicted octanol–water partition coefficient (Wildman–Crippen LogP) is 5.21. The zero-order chi connectivity index (χ0) is 23.8. The molecule has 1 aliphatic rings. The van der Waals surface area contributed by atoms with E-state index in [0.717, 1.165) is 9.56 Å². The average Bonchev–Trinajstić information content (AvgIpc) is 3.43. The maximum Gasteiger partial charge on any atom is 0.410 e. The number of hydrogen-bond donors (Lipinski definition) is 2. The van der Waals surface area contributed by atoms with E-state index in [2.05, 4.69) is 15.7 Å². The van der Waals surface area contributed by atoms with Crippen LogP contribution in [0.4, 0.5) is 19.0 Å². The SMILES string of the molecule is COc1ccc(C2CC(C(F)(F)F)n3nc(C(=O)NCc4cccs4)c(Cl)c3N2)cc1OC. The first-order chi connectivity index (χ1) is 15.7. The van der Waals surface area contributed by atoms with Crippen LogP contribution in [0.5, 0.6) is 11.5 Å². The molecular weight excluding hydrogens is 481 g/mol. The van der Waals surface area contributed by atoms with Crippen molar-refractivity contribution >= 4 is 34.7 Å². The summed E-state index contributed by atoms with van der Waals surface area (Å²) in [5.41, 5.74) is 0.284. The van der Waals surface area contributed by atoms with E-state index in [1.807, 2.05) is 17.5 Å². The number of anilines is 1. The monoisotopic (exact) mass is 500 g/mol. The Kier molecular flexibility index (Phi) is 6.44. The van der Waals surface area contributed by atoms with Crippen LogP contribution >= 0.6 is 22.9 Å². The number of methoxy groups -OCH3 is 2. The number of alkyl halides is 3. The molecule has 0 saturated heterocycles. The van der Waals surface area contributed by atoms with Crippen molar-refractivity contribution in [2.75, 3.05) is 19.5 Å². The number of fused-ring (bicyclic) bond motifs is 1. The molecule has 1 aromatic carbocycles. The van der Waals surface area contributed by atoms with Gasteiger partial charge in [0.1, 0.15) is 10.8 Å². The third-order valence-electron chi connectivity index (χ3n) is 5.32. The van der Waals surface area contributed by atoms with Gasteiger partial charge in [-0.3, -0.25) is 4.79 Å². The average molecular weight is 501 g/mol. The molecule has 2 unspecified atom stereocenters. The molecule has 0 bridgehead atoms. The van der Waals surface area contributed by atoms with E-state index in [-0.39, 0.29) is 29.5 Å². The van der Waals surface area contributed by atoms with Crippen molar-refractivity contribution in [3.05, 3.63) is 56.9 Å². The number of ether oxygens (including phenoxy) is 2. The summed E-state index contributed by atoms with van der Waals surface area (Å²) in [6.45, 7) is 0.222. The Morgan fingerprint density at radius 2 is 2.06 bits per heavy atom. The van der Waals surface area contributed by atoms with Crippen LogP contribution in [-0.4, -0.2) is 36.1 Å². The highest BCUT2D eigenvalue weighted by Crippen LogP contribution is 2.47. The number of carbonyl (C=O) groups excluding carboxylic acids is 1. The molecule has 0 radical (unpaired) electrons. The largest absolute Gasteiger partial charge is 0.493 e. The summed E-state index contributed by atoms with van der Waals surface area (Å²) in [5.74, 6) is 0.128. The summed E-state index contributed by atoms with van der Waals surface area (Å²) in [6, 6.07) is 5.83. The fourth-order valence-electron chi connectivity index (χ4n) is 3.69. The van der Waals surface area contributed by atoms with Crippen molar-refractivity contribution in [1.29, 1.82) is 0 Å². The van der Waals surface area contributed by atoms with Crippen molar-refractivity contribution in [2.24, 2.45) is 0 Å². The molecule has 0 saturated carbocycles. The van der Waals surface area contributed by atoms with Gasteiger partial charge >= 0.3 is 6.18 Å². The van der Waals surface area contributed by atoms with Gasteiger partial charge in [0.25, 0.3) is 5.91 Å². The summed E-state index contributed by atoms with van der Waals surface area (Å²) in [4.78, 5) is 13.5. The second-order valence-electron chi connectivity index (χ2n) is 7.32. The topological polar surface area (TPSA) is 77.4 Å². The van der Waals surface area contributed by atoms with E-state index in [0.29, 0.717) is 17.1 Å². The summed E-state index contributed by atoms with van der Waals surface area (Å²) < 4.78 is 53.2. The quantitative estimate of drug-likeness (QED) is 0.486. The molecule has 2 N–H and O–H groups in total. The van der Waals surface area contributed by atoms with Gasteiger partial charge in [0.15, 0.2) is 23.2 Å². The van der Waals surface area contributed by atoms with E-state index < -0.39 is 24.2 Å². The maximum atomic E-state index is 14.0. The van der Waals surface area contributed by atoms with E-state index in [9.17, 15) is 18.0 Å². The van der Waals surface area contributed by atoms with Crippen LogP contribution in [-0.2, 0) is 6.54 Å². The minimum Gasteiger partial charge on any atom is -0.493 e. The van der Waals surface area contributed by atoms with E-state index >= 15 is 0 Å². The van der Waals surface area contributed by atoms with Gasteiger partial charge in [-0.05, 0) is 29.1 Å². The van der Waals surface area contributed by atoms with Gasteiger partial charge in [-0.25, -0.2) is 4.68 Å². The molecule has 1 aliphatic heterocycles. The number of thiophene rings is 1. The number of nitrogens with zero attached hydrogens (tertiary/aromatic N) is 2. The number of halogens is 4. The molecule has 2 aromatic heterocycles. The summed E-state index contributed by atoms with van der Waals surface area (Å²) in [6.07, 6.45) is -4.95. The Bertz CT molecular complexity index is 1150. The van der Waals surface area contributed by atoms with Crippen molar-refractivity contribution in [3.8, 4) is 11.5 Å². The lowest BCUT2D eigenvalue weighted by atomic mass is 9.96. The van der Waals surface area contributed by atoms with Crippen LogP contribution < -0.4 is 20.1 Å². The van der Waals surface area contributed by atoms with E-state index in [4.69, 9.17) is 21.1 Å². The minimum absolute atomic E-state index is 0.0636. The third kappa shape index (κ3) is 4.60. The zero-order valence-electron chi connectivity index (χ0n) is 17.6. The minimum atomic E-state index is -4.61. The number of rotatable bonds is 6. The lowest BCUT2D eigenvalue weighted by Gasteiger charge is -2.33. The lowest BCUT2D eigenvalue weighted by molar-refractivity contribution is -0.173. The number of amides is 1. The van der Waals surface area contributed by atoms with Crippen molar-refractivity contribution in [3.63, 3.8) is 0 Å². The number of benzene rings is 1. The fourth-order valence-corrected chi connectivity index (χ4v) is 4.60.